The van der Waals surface area contributed by atoms with Crippen molar-refractivity contribution in [3.8, 4) is 17.6 Å². The Hall–Kier alpha value is -2.27. The van der Waals surface area contributed by atoms with Gasteiger partial charge >= 0.3 is 0 Å². The fraction of sp³-hybridized carbons (Fsp3) is 0.176. The zero-order valence-corrected chi connectivity index (χ0v) is 14.7. The molecule has 0 aliphatic heterocycles. The first-order chi connectivity index (χ1) is 11.1. The minimum atomic E-state index is -0.263. The van der Waals surface area contributed by atoms with E-state index in [9.17, 15) is 4.79 Å². The predicted octanol–water partition coefficient (Wildman–Crippen LogP) is 3.58. The molecule has 0 unspecified atom stereocenters. The Balaban J connectivity index is 2.01. The van der Waals surface area contributed by atoms with Crippen LogP contribution < -0.4 is 14.8 Å². The quantitative estimate of drug-likeness (QED) is 0.723. The van der Waals surface area contributed by atoms with E-state index >= 15 is 0 Å². The van der Waals surface area contributed by atoms with Gasteiger partial charge in [-0.25, -0.2) is 0 Å². The molecule has 1 N–H and O–H groups in total. The first-order valence-electron chi connectivity index (χ1n) is 6.98. The van der Waals surface area contributed by atoms with Gasteiger partial charge in [0.15, 0.2) is 18.1 Å². The SMILES string of the molecule is CCOc1cc(C#N)ccc1OCC(=O)Nc1ccccc1I. The second-order valence-electron chi connectivity index (χ2n) is 4.52. The zero-order chi connectivity index (χ0) is 16.7. The molecular weight excluding hydrogens is 407 g/mol. The fourth-order valence-electron chi connectivity index (χ4n) is 1.86. The molecule has 0 aromatic heterocycles. The van der Waals surface area contributed by atoms with Gasteiger partial charge in [0.25, 0.3) is 5.91 Å². The second-order valence-corrected chi connectivity index (χ2v) is 5.69. The van der Waals surface area contributed by atoms with E-state index in [1.165, 1.54) is 0 Å². The molecule has 5 nitrogen and oxygen atoms in total. The summed E-state index contributed by atoms with van der Waals surface area (Å²) < 4.78 is 11.9. The highest BCUT2D eigenvalue weighted by Gasteiger charge is 2.10. The maximum Gasteiger partial charge on any atom is 0.262 e. The highest BCUT2D eigenvalue weighted by atomic mass is 127. The number of nitrogens with one attached hydrogen (secondary N) is 1. The number of rotatable bonds is 6. The predicted molar refractivity (Wildman–Crippen MR) is 95.6 cm³/mol. The molecule has 0 aliphatic rings. The fourth-order valence-corrected chi connectivity index (χ4v) is 2.38. The Kier molecular flexibility index (Phi) is 6.23. The van der Waals surface area contributed by atoms with Crippen LogP contribution in [0.5, 0.6) is 11.5 Å². The Morgan fingerprint density at radius 2 is 2.00 bits per heavy atom. The molecule has 1 amide bonds. The first kappa shape index (κ1) is 17.1. The van der Waals surface area contributed by atoms with Crippen molar-refractivity contribution in [2.45, 2.75) is 6.92 Å². The highest BCUT2D eigenvalue weighted by Crippen LogP contribution is 2.28. The van der Waals surface area contributed by atoms with Gasteiger partial charge in [-0.15, -0.1) is 0 Å². The van der Waals surface area contributed by atoms with E-state index in [0.717, 1.165) is 9.26 Å². The van der Waals surface area contributed by atoms with E-state index < -0.39 is 0 Å². The lowest BCUT2D eigenvalue weighted by Gasteiger charge is -2.12. The third kappa shape index (κ3) is 4.86. The summed E-state index contributed by atoms with van der Waals surface area (Å²) in [4.78, 5) is 12.0. The lowest BCUT2D eigenvalue weighted by molar-refractivity contribution is -0.118. The average molecular weight is 422 g/mol. The molecular formula is C17H15IN2O3. The lowest BCUT2D eigenvalue weighted by Crippen LogP contribution is -2.20. The van der Waals surface area contributed by atoms with Gasteiger partial charge in [-0.1, -0.05) is 12.1 Å². The number of para-hydroxylation sites is 1. The minimum Gasteiger partial charge on any atom is -0.490 e. The third-order valence-corrected chi connectivity index (χ3v) is 3.82. The number of ether oxygens (including phenoxy) is 2. The van der Waals surface area contributed by atoms with Crippen LogP contribution in [0.3, 0.4) is 0 Å². The minimum absolute atomic E-state index is 0.142. The average Bonchev–Trinajstić information content (AvgIpc) is 2.56. The number of benzene rings is 2. The van der Waals surface area contributed by atoms with Crippen molar-refractivity contribution in [2.75, 3.05) is 18.5 Å². The van der Waals surface area contributed by atoms with E-state index in [1.807, 2.05) is 37.3 Å². The van der Waals surface area contributed by atoms with Crippen LogP contribution in [0.25, 0.3) is 0 Å². The molecule has 0 radical (unpaired) electrons. The number of halogens is 1. The standard InChI is InChI=1S/C17H15IN2O3/c1-2-22-16-9-12(10-19)7-8-15(16)23-11-17(21)20-14-6-4-3-5-13(14)18/h3-9H,2,11H2,1H3,(H,20,21). The summed E-state index contributed by atoms with van der Waals surface area (Å²) in [7, 11) is 0. The van der Waals surface area contributed by atoms with Gasteiger partial charge in [-0.3, -0.25) is 4.79 Å². The van der Waals surface area contributed by atoms with E-state index in [0.29, 0.717) is 23.7 Å². The van der Waals surface area contributed by atoms with Crippen LogP contribution >= 0.6 is 22.6 Å². The van der Waals surface area contributed by atoms with Crippen LogP contribution in [0, 0.1) is 14.9 Å². The molecule has 0 saturated carbocycles. The molecule has 2 aromatic rings. The lowest BCUT2D eigenvalue weighted by atomic mass is 10.2. The summed E-state index contributed by atoms with van der Waals surface area (Å²) >= 11 is 2.15. The molecule has 2 rings (SSSR count). The van der Waals surface area contributed by atoms with Crippen molar-refractivity contribution >= 4 is 34.2 Å². The van der Waals surface area contributed by atoms with Crippen LogP contribution in [0.4, 0.5) is 5.69 Å². The molecule has 0 heterocycles. The van der Waals surface area contributed by atoms with Crippen molar-refractivity contribution < 1.29 is 14.3 Å². The van der Waals surface area contributed by atoms with Crippen LogP contribution in [0.2, 0.25) is 0 Å². The Bertz CT molecular complexity index is 741. The topological polar surface area (TPSA) is 71.3 Å². The summed E-state index contributed by atoms with van der Waals surface area (Å²) in [6.45, 7) is 2.14. The monoisotopic (exact) mass is 422 g/mol. The molecule has 2 aromatic carbocycles. The number of carbonyl (C=O) groups excluding carboxylic acids is 1. The van der Waals surface area contributed by atoms with Gasteiger partial charge in [-0.2, -0.15) is 5.26 Å². The molecule has 0 saturated heterocycles. The van der Waals surface area contributed by atoms with Crippen molar-refractivity contribution in [3.05, 3.63) is 51.6 Å². The summed E-state index contributed by atoms with van der Waals surface area (Å²) in [5.74, 6) is 0.623. The molecule has 0 aliphatic carbocycles. The van der Waals surface area contributed by atoms with Crippen LogP contribution in [-0.2, 0) is 4.79 Å². The van der Waals surface area contributed by atoms with Crippen LogP contribution in [-0.4, -0.2) is 19.1 Å². The van der Waals surface area contributed by atoms with E-state index in [4.69, 9.17) is 14.7 Å². The van der Waals surface area contributed by atoms with Crippen LogP contribution in [0.15, 0.2) is 42.5 Å². The number of hydrogen-bond acceptors (Lipinski definition) is 4. The molecule has 118 valence electrons. The van der Waals surface area contributed by atoms with Gasteiger partial charge in [0.2, 0.25) is 0 Å². The summed E-state index contributed by atoms with van der Waals surface area (Å²) in [6, 6.07) is 14.4. The van der Waals surface area contributed by atoms with Gasteiger partial charge in [0.05, 0.1) is 23.9 Å². The largest absolute Gasteiger partial charge is 0.490 e. The van der Waals surface area contributed by atoms with Gasteiger partial charge in [-0.05, 0) is 53.8 Å². The van der Waals surface area contributed by atoms with Crippen molar-refractivity contribution in [3.63, 3.8) is 0 Å². The zero-order valence-electron chi connectivity index (χ0n) is 12.5. The van der Waals surface area contributed by atoms with E-state index in [2.05, 4.69) is 27.9 Å². The number of nitriles is 1. The maximum absolute atomic E-state index is 12.0. The van der Waals surface area contributed by atoms with Gasteiger partial charge in [0, 0.05) is 9.64 Å². The molecule has 0 fully saturated rings. The summed E-state index contributed by atoms with van der Waals surface area (Å²) in [5.41, 5.74) is 1.22. The summed E-state index contributed by atoms with van der Waals surface area (Å²) in [5, 5.41) is 11.7. The van der Waals surface area contributed by atoms with Gasteiger partial charge < -0.3 is 14.8 Å². The molecule has 0 bridgehead atoms. The van der Waals surface area contributed by atoms with Crippen molar-refractivity contribution in [1.82, 2.24) is 0 Å². The van der Waals surface area contributed by atoms with Crippen LogP contribution in [0.1, 0.15) is 12.5 Å². The van der Waals surface area contributed by atoms with Gasteiger partial charge in [0.1, 0.15) is 0 Å². The Labute approximate surface area is 148 Å². The second kappa shape index (κ2) is 8.39. The molecule has 0 atom stereocenters. The number of hydrogen-bond donors (Lipinski definition) is 1. The Morgan fingerprint density at radius 3 is 2.70 bits per heavy atom. The smallest absolute Gasteiger partial charge is 0.262 e. The molecule has 23 heavy (non-hydrogen) atoms. The molecule has 6 heteroatoms. The number of amides is 1. The molecule has 0 spiro atoms. The first-order valence-corrected chi connectivity index (χ1v) is 8.06. The van der Waals surface area contributed by atoms with Crippen molar-refractivity contribution in [2.24, 2.45) is 0 Å². The van der Waals surface area contributed by atoms with Crippen molar-refractivity contribution in [1.29, 1.82) is 5.26 Å². The number of carbonyl (C=O) groups is 1. The Morgan fingerprint density at radius 1 is 1.22 bits per heavy atom. The number of anilines is 1. The maximum atomic E-state index is 12.0. The van der Waals surface area contributed by atoms with E-state index in [-0.39, 0.29) is 12.5 Å². The normalized spacial score (nSPS) is 9.78. The highest BCUT2D eigenvalue weighted by molar-refractivity contribution is 14.1. The number of nitrogens with zero attached hydrogens (tertiary/aromatic N) is 1. The van der Waals surface area contributed by atoms with E-state index in [1.54, 1.807) is 18.2 Å². The third-order valence-electron chi connectivity index (χ3n) is 2.88. The summed E-state index contributed by atoms with van der Waals surface area (Å²) in [6.07, 6.45) is 0.